The molecule has 0 aliphatic carbocycles. The Balaban J connectivity index is 1.84. The van der Waals surface area contributed by atoms with E-state index in [1.54, 1.807) is 12.1 Å². The molecule has 1 aromatic carbocycles. The minimum absolute atomic E-state index is 0.0158. The molecule has 0 aromatic heterocycles. The van der Waals surface area contributed by atoms with Crippen molar-refractivity contribution in [2.45, 2.75) is 17.9 Å². The second-order valence-corrected chi connectivity index (χ2v) is 6.26. The van der Waals surface area contributed by atoms with Gasteiger partial charge >= 0.3 is 0 Å². The second kappa shape index (κ2) is 5.68. The topological polar surface area (TPSA) is 101 Å². The van der Waals surface area contributed by atoms with Crippen LogP contribution in [-0.2, 0) is 21.4 Å². The van der Waals surface area contributed by atoms with Gasteiger partial charge < -0.3 is 10.6 Å². The number of hydrogen-bond acceptors (Lipinski definition) is 4. The Hall–Kier alpha value is -1.44. The van der Waals surface area contributed by atoms with E-state index in [4.69, 9.17) is 5.14 Å². The Labute approximate surface area is 112 Å². The molecule has 1 aliphatic heterocycles. The summed E-state index contributed by atoms with van der Waals surface area (Å²) in [5, 5.41) is 10.9. The van der Waals surface area contributed by atoms with Gasteiger partial charge in [-0.05, 0) is 36.7 Å². The van der Waals surface area contributed by atoms with Gasteiger partial charge in [0.05, 0.1) is 4.90 Å². The number of primary sulfonamides is 1. The van der Waals surface area contributed by atoms with Crippen molar-refractivity contribution in [2.75, 3.05) is 13.1 Å². The highest BCUT2D eigenvalue weighted by atomic mass is 32.2. The number of hydrogen-bond donors (Lipinski definition) is 3. The van der Waals surface area contributed by atoms with Crippen molar-refractivity contribution in [1.29, 1.82) is 0 Å². The van der Waals surface area contributed by atoms with E-state index in [1.807, 2.05) is 0 Å². The minimum Gasteiger partial charge on any atom is -0.352 e. The van der Waals surface area contributed by atoms with Crippen LogP contribution in [0.2, 0.25) is 0 Å². The number of carbonyl (C=O) groups is 1. The van der Waals surface area contributed by atoms with Crippen molar-refractivity contribution in [3.05, 3.63) is 29.8 Å². The Morgan fingerprint density at radius 2 is 1.95 bits per heavy atom. The van der Waals surface area contributed by atoms with Crippen LogP contribution >= 0.6 is 0 Å². The number of benzene rings is 1. The highest BCUT2D eigenvalue weighted by Gasteiger charge is 2.19. The van der Waals surface area contributed by atoms with Crippen molar-refractivity contribution < 1.29 is 13.2 Å². The molecular formula is C12H17N3O3S. The van der Waals surface area contributed by atoms with Crippen LogP contribution in [0.15, 0.2) is 29.2 Å². The van der Waals surface area contributed by atoms with Gasteiger partial charge in [-0.25, -0.2) is 13.6 Å². The van der Waals surface area contributed by atoms with Crippen LogP contribution in [0.5, 0.6) is 0 Å². The molecule has 7 heteroatoms. The highest BCUT2D eigenvalue weighted by molar-refractivity contribution is 7.89. The van der Waals surface area contributed by atoms with Crippen LogP contribution in [0.3, 0.4) is 0 Å². The average Bonchev–Trinajstić information content (AvgIpc) is 2.31. The summed E-state index contributed by atoms with van der Waals surface area (Å²) in [5.41, 5.74) is 0.840. The molecule has 1 aromatic rings. The average molecular weight is 283 g/mol. The maximum absolute atomic E-state index is 11.6. The van der Waals surface area contributed by atoms with E-state index in [-0.39, 0.29) is 10.8 Å². The summed E-state index contributed by atoms with van der Waals surface area (Å²) >= 11 is 0. The van der Waals surface area contributed by atoms with E-state index in [0.29, 0.717) is 18.9 Å². The lowest BCUT2D eigenvalue weighted by molar-refractivity contribution is -0.122. The fourth-order valence-corrected chi connectivity index (χ4v) is 2.34. The summed E-state index contributed by atoms with van der Waals surface area (Å²) < 4.78 is 22.1. The largest absolute Gasteiger partial charge is 0.352 e. The van der Waals surface area contributed by atoms with E-state index in [2.05, 4.69) is 10.6 Å². The molecule has 2 rings (SSSR count). The quantitative estimate of drug-likeness (QED) is 0.682. The van der Waals surface area contributed by atoms with Crippen molar-refractivity contribution in [3.8, 4) is 0 Å². The summed E-state index contributed by atoms with van der Waals surface area (Å²) in [6.07, 6.45) is 0.530. The van der Waals surface area contributed by atoms with Crippen LogP contribution in [0.25, 0.3) is 0 Å². The number of nitrogens with two attached hydrogens (primary N) is 1. The lowest BCUT2D eigenvalue weighted by Crippen LogP contribution is -2.44. The van der Waals surface area contributed by atoms with E-state index >= 15 is 0 Å². The standard InChI is InChI=1S/C12H17N3O3S/c13-19(17,18)11-3-1-9(2-4-11)8-15-12(16)5-10-6-14-7-10/h1-4,10,14H,5-8H2,(H,15,16)(H2,13,17,18). The van der Waals surface area contributed by atoms with Gasteiger partial charge in [-0.1, -0.05) is 12.1 Å². The molecule has 1 fully saturated rings. The number of sulfonamides is 1. The number of amides is 1. The molecule has 0 saturated carbocycles. The Bertz CT molecular complexity index is 550. The van der Waals surface area contributed by atoms with Gasteiger partial charge in [0.1, 0.15) is 0 Å². The molecule has 1 saturated heterocycles. The first-order valence-corrected chi connectivity index (χ1v) is 7.59. The van der Waals surface area contributed by atoms with Gasteiger partial charge in [0.2, 0.25) is 15.9 Å². The van der Waals surface area contributed by atoms with Crippen molar-refractivity contribution >= 4 is 15.9 Å². The second-order valence-electron chi connectivity index (χ2n) is 4.69. The van der Waals surface area contributed by atoms with Gasteiger partial charge in [-0.2, -0.15) is 0 Å². The fraction of sp³-hybridized carbons (Fsp3) is 0.417. The van der Waals surface area contributed by atoms with E-state index < -0.39 is 10.0 Å². The van der Waals surface area contributed by atoms with E-state index in [9.17, 15) is 13.2 Å². The normalized spacial score (nSPS) is 15.8. The van der Waals surface area contributed by atoms with E-state index in [1.165, 1.54) is 12.1 Å². The number of carbonyl (C=O) groups excluding carboxylic acids is 1. The first-order chi connectivity index (χ1) is 8.95. The summed E-state index contributed by atoms with van der Waals surface area (Å²) in [7, 11) is -3.66. The zero-order chi connectivity index (χ0) is 13.9. The van der Waals surface area contributed by atoms with Crippen LogP contribution in [0, 0.1) is 5.92 Å². The summed E-state index contributed by atoms with van der Waals surface area (Å²) in [4.78, 5) is 11.7. The molecule has 1 amide bonds. The van der Waals surface area contributed by atoms with Gasteiger partial charge in [0, 0.05) is 13.0 Å². The molecule has 1 aliphatic rings. The van der Waals surface area contributed by atoms with Crippen molar-refractivity contribution in [2.24, 2.45) is 11.1 Å². The van der Waals surface area contributed by atoms with Crippen LogP contribution in [0.1, 0.15) is 12.0 Å². The fourth-order valence-electron chi connectivity index (χ4n) is 1.82. The Morgan fingerprint density at radius 3 is 2.42 bits per heavy atom. The Kier molecular flexibility index (Phi) is 4.18. The number of nitrogens with one attached hydrogen (secondary N) is 2. The minimum atomic E-state index is -3.66. The van der Waals surface area contributed by atoms with Gasteiger partial charge in [0.15, 0.2) is 0 Å². The van der Waals surface area contributed by atoms with Crippen LogP contribution in [0.4, 0.5) is 0 Å². The highest BCUT2D eigenvalue weighted by Crippen LogP contribution is 2.10. The summed E-state index contributed by atoms with van der Waals surface area (Å²) in [6, 6.07) is 6.16. The van der Waals surface area contributed by atoms with Crippen LogP contribution < -0.4 is 15.8 Å². The molecule has 0 radical (unpaired) electrons. The lowest BCUT2D eigenvalue weighted by atomic mass is 9.99. The van der Waals surface area contributed by atoms with Gasteiger partial charge in [0.25, 0.3) is 0 Å². The molecular weight excluding hydrogens is 266 g/mol. The smallest absolute Gasteiger partial charge is 0.238 e. The third-order valence-electron chi connectivity index (χ3n) is 3.08. The molecule has 6 nitrogen and oxygen atoms in total. The summed E-state index contributed by atoms with van der Waals surface area (Å²) in [6.45, 7) is 2.19. The molecule has 0 unspecified atom stereocenters. The van der Waals surface area contributed by atoms with Crippen molar-refractivity contribution in [3.63, 3.8) is 0 Å². The Morgan fingerprint density at radius 1 is 1.32 bits per heavy atom. The third kappa shape index (κ3) is 4.02. The predicted octanol–water partition coefficient (Wildman–Crippen LogP) is -0.440. The molecule has 19 heavy (non-hydrogen) atoms. The van der Waals surface area contributed by atoms with Crippen molar-refractivity contribution in [1.82, 2.24) is 10.6 Å². The summed E-state index contributed by atoms with van der Waals surface area (Å²) in [5.74, 6) is 0.451. The maximum atomic E-state index is 11.6. The first kappa shape index (κ1) is 14.0. The molecule has 0 spiro atoms. The van der Waals surface area contributed by atoms with E-state index in [0.717, 1.165) is 18.7 Å². The van der Waals surface area contributed by atoms with Gasteiger partial charge in [-0.3, -0.25) is 4.79 Å². The zero-order valence-electron chi connectivity index (χ0n) is 10.4. The maximum Gasteiger partial charge on any atom is 0.238 e. The lowest BCUT2D eigenvalue weighted by Gasteiger charge is -2.26. The number of rotatable bonds is 5. The molecule has 0 atom stereocenters. The molecule has 0 bridgehead atoms. The van der Waals surface area contributed by atoms with Crippen LogP contribution in [-0.4, -0.2) is 27.4 Å². The monoisotopic (exact) mass is 283 g/mol. The SMILES string of the molecule is NS(=O)(=O)c1ccc(CNC(=O)CC2CNC2)cc1. The predicted molar refractivity (Wildman–Crippen MR) is 70.6 cm³/mol. The molecule has 104 valence electrons. The zero-order valence-corrected chi connectivity index (χ0v) is 11.2. The van der Waals surface area contributed by atoms with Gasteiger partial charge in [-0.15, -0.1) is 0 Å². The third-order valence-corrected chi connectivity index (χ3v) is 4.01. The molecule has 4 N–H and O–H groups in total. The molecule has 1 heterocycles. The first-order valence-electron chi connectivity index (χ1n) is 6.04.